The molecule has 1 amide bonds. The molecule has 4 aliphatic rings. The Morgan fingerprint density at radius 1 is 1.27 bits per heavy atom. The van der Waals surface area contributed by atoms with Gasteiger partial charge in [-0.25, -0.2) is 8.42 Å². The van der Waals surface area contributed by atoms with E-state index in [0.29, 0.717) is 17.1 Å². The van der Waals surface area contributed by atoms with Crippen molar-refractivity contribution in [1.29, 1.82) is 0 Å². The van der Waals surface area contributed by atoms with E-state index in [-0.39, 0.29) is 34.6 Å². The Labute approximate surface area is 139 Å². The molecule has 5 nitrogen and oxygen atoms in total. The lowest BCUT2D eigenvalue weighted by Crippen LogP contribution is -2.47. The number of halogens is 1. The summed E-state index contributed by atoms with van der Waals surface area (Å²) in [7, 11) is -2.97. The highest BCUT2D eigenvalue weighted by Crippen LogP contribution is 2.51. The third-order valence-electron chi connectivity index (χ3n) is 5.50. The predicted octanol–water partition coefficient (Wildman–Crippen LogP) is 1.51. The minimum Gasteiger partial charge on any atom is -0.343 e. The van der Waals surface area contributed by atoms with Crippen LogP contribution in [0.5, 0.6) is 0 Å². The molecule has 122 valence electrons. The number of sulfone groups is 1. The second kappa shape index (κ2) is 5.38. The minimum atomic E-state index is -2.97. The van der Waals surface area contributed by atoms with E-state index in [1.165, 1.54) is 31.0 Å². The van der Waals surface area contributed by atoms with Crippen LogP contribution in [-0.2, 0) is 14.6 Å². The largest absolute Gasteiger partial charge is 0.343 e. The van der Waals surface area contributed by atoms with Crippen LogP contribution in [-0.4, -0.2) is 59.1 Å². The van der Waals surface area contributed by atoms with Gasteiger partial charge in [-0.15, -0.1) is 11.6 Å². The van der Waals surface area contributed by atoms with E-state index in [1.54, 1.807) is 0 Å². The van der Waals surface area contributed by atoms with E-state index < -0.39 is 9.84 Å². The Morgan fingerprint density at radius 2 is 2.09 bits per heavy atom. The Hall–Kier alpha value is -0.270. The van der Waals surface area contributed by atoms with Crippen molar-refractivity contribution < 1.29 is 13.2 Å². The molecular formula is C14H19ClN2O3S2. The number of amides is 1. The highest BCUT2D eigenvalue weighted by atomic mass is 35.5. The lowest BCUT2D eigenvalue weighted by molar-refractivity contribution is -0.115. The molecule has 2 saturated heterocycles. The quantitative estimate of drug-likeness (QED) is 0.696. The first kappa shape index (κ1) is 15.3. The maximum atomic E-state index is 12.0. The number of hydrogen-bond acceptors (Lipinski definition) is 4. The van der Waals surface area contributed by atoms with Gasteiger partial charge in [0.25, 0.3) is 5.91 Å². The molecule has 0 radical (unpaired) electrons. The van der Waals surface area contributed by atoms with Gasteiger partial charge in [-0.2, -0.15) is 4.99 Å². The van der Waals surface area contributed by atoms with E-state index >= 15 is 0 Å². The maximum absolute atomic E-state index is 12.0. The van der Waals surface area contributed by atoms with Gasteiger partial charge in [0, 0.05) is 11.3 Å². The lowest BCUT2D eigenvalue weighted by atomic mass is 9.93. The zero-order valence-corrected chi connectivity index (χ0v) is 14.5. The average Bonchev–Trinajstić information content (AvgIpc) is 3.17. The van der Waals surface area contributed by atoms with Gasteiger partial charge < -0.3 is 4.90 Å². The Morgan fingerprint density at radius 3 is 2.73 bits per heavy atom. The van der Waals surface area contributed by atoms with Gasteiger partial charge in [0.05, 0.1) is 17.5 Å². The van der Waals surface area contributed by atoms with E-state index in [2.05, 4.69) is 9.89 Å². The van der Waals surface area contributed by atoms with Crippen molar-refractivity contribution in [1.82, 2.24) is 4.90 Å². The molecule has 0 aromatic carbocycles. The molecule has 2 aliphatic heterocycles. The topological polar surface area (TPSA) is 66.8 Å². The fraction of sp³-hybridized carbons (Fsp3) is 0.857. The summed E-state index contributed by atoms with van der Waals surface area (Å²) in [5.74, 6) is 1.34. The Kier molecular flexibility index (Phi) is 3.73. The molecule has 4 rings (SSSR count). The summed E-state index contributed by atoms with van der Waals surface area (Å²) < 4.78 is 24.0. The van der Waals surface area contributed by atoms with E-state index in [0.717, 1.165) is 12.3 Å². The molecule has 5 atom stereocenters. The van der Waals surface area contributed by atoms with Gasteiger partial charge >= 0.3 is 0 Å². The molecule has 0 aromatic rings. The Balaban J connectivity index is 1.66. The number of hydrogen-bond donors (Lipinski definition) is 0. The molecule has 0 spiro atoms. The summed E-state index contributed by atoms with van der Waals surface area (Å²) in [6, 6.07) is 0.345. The fourth-order valence-electron chi connectivity index (χ4n) is 4.67. The molecule has 22 heavy (non-hydrogen) atoms. The van der Waals surface area contributed by atoms with Gasteiger partial charge in [0.1, 0.15) is 5.88 Å². The maximum Gasteiger partial charge on any atom is 0.262 e. The number of thioether (sulfide) groups is 1. The summed E-state index contributed by atoms with van der Waals surface area (Å²) in [6.45, 7) is 0. The van der Waals surface area contributed by atoms with Crippen molar-refractivity contribution in [3.8, 4) is 0 Å². The highest BCUT2D eigenvalue weighted by molar-refractivity contribution is 8.15. The molecule has 0 N–H and O–H groups in total. The van der Waals surface area contributed by atoms with Crippen LogP contribution >= 0.6 is 23.4 Å². The van der Waals surface area contributed by atoms with Gasteiger partial charge in [-0.1, -0.05) is 18.2 Å². The molecule has 8 heteroatoms. The number of rotatable bonds is 2. The molecule has 4 fully saturated rings. The highest BCUT2D eigenvalue weighted by Gasteiger charge is 2.54. The third kappa shape index (κ3) is 2.49. The number of fused-ring (bicyclic) bond motifs is 3. The number of alkyl halides is 1. The molecule has 0 aromatic heterocycles. The smallest absolute Gasteiger partial charge is 0.262 e. The third-order valence-corrected chi connectivity index (χ3v) is 8.95. The summed E-state index contributed by atoms with van der Waals surface area (Å²) in [4.78, 5) is 18.0. The lowest BCUT2D eigenvalue weighted by Gasteiger charge is -2.36. The second-order valence-electron chi connectivity index (χ2n) is 6.87. The van der Waals surface area contributed by atoms with Crippen molar-refractivity contribution in [3.63, 3.8) is 0 Å². The first-order valence-electron chi connectivity index (χ1n) is 7.80. The van der Waals surface area contributed by atoms with E-state index in [9.17, 15) is 13.2 Å². The number of carbonyl (C=O) groups is 1. The molecule has 2 bridgehead atoms. The molecular weight excluding hydrogens is 344 g/mol. The molecule has 2 heterocycles. The standard InChI is InChI=1S/C14H19ClN2O3S2/c15-5-13(18)16-14-17(10-4-8-1-2-9(10)3-8)11-6-22(19,20)7-12(11)21-14/h8-12H,1-7H2/t8-,9-,10+,11-,12+/m1/s1. The van der Waals surface area contributed by atoms with Crippen LogP contribution in [0.4, 0.5) is 0 Å². The van der Waals surface area contributed by atoms with Gasteiger partial charge in [0.15, 0.2) is 15.0 Å². The second-order valence-corrected chi connectivity index (χ2v) is 10.5. The van der Waals surface area contributed by atoms with Crippen LogP contribution in [0, 0.1) is 11.8 Å². The van der Waals surface area contributed by atoms with Crippen LogP contribution in [0.15, 0.2) is 4.99 Å². The zero-order valence-electron chi connectivity index (χ0n) is 12.2. The summed E-state index contributed by atoms with van der Waals surface area (Å²) in [6.07, 6.45) is 4.87. The van der Waals surface area contributed by atoms with Gasteiger partial charge in [0.2, 0.25) is 0 Å². The SMILES string of the molecule is O=C(CCl)N=C1S[C@H]2CS(=O)(=O)C[C@H]2N1[C@H]1C[C@@H]2CC[C@@H]1C2. The first-order valence-corrected chi connectivity index (χ1v) is 11.0. The van der Waals surface area contributed by atoms with Crippen LogP contribution in [0.25, 0.3) is 0 Å². The number of carbonyl (C=O) groups excluding carboxylic acids is 1. The normalized spacial score (nSPS) is 44.0. The van der Waals surface area contributed by atoms with Crippen LogP contribution in [0.3, 0.4) is 0 Å². The average molecular weight is 363 g/mol. The van der Waals surface area contributed by atoms with Crippen molar-refractivity contribution >= 4 is 44.3 Å². The number of aliphatic imine (C=N–C) groups is 1. The minimum absolute atomic E-state index is 0.0128. The number of nitrogens with zero attached hydrogens (tertiary/aromatic N) is 2. The van der Waals surface area contributed by atoms with Gasteiger partial charge in [-0.05, 0) is 31.1 Å². The van der Waals surface area contributed by atoms with Crippen LogP contribution in [0.1, 0.15) is 25.7 Å². The van der Waals surface area contributed by atoms with E-state index in [1.807, 2.05) is 0 Å². The molecule has 2 saturated carbocycles. The van der Waals surface area contributed by atoms with Crippen molar-refractivity contribution in [2.45, 2.75) is 43.0 Å². The predicted molar refractivity (Wildman–Crippen MR) is 88.1 cm³/mol. The van der Waals surface area contributed by atoms with Crippen molar-refractivity contribution in [2.24, 2.45) is 16.8 Å². The molecule has 0 unspecified atom stereocenters. The van der Waals surface area contributed by atoms with Crippen molar-refractivity contribution in [2.75, 3.05) is 17.4 Å². The Bertz CT molecular complexity index is 636. The fourth-order valence-corrected chi connectivity index (χ4v) is 8.72. The molecule has 2 aliphatic carbocycles. The summed E-state index contributed by atoms with van der Waals surface area (Å²) >= 11 is 7.05. The van der Waals surface area contributed by atoms with Crippen LogP contribution in [0.2, 0.25) is 0 Å². The van der Waals surface area contributed by atoms with E-state index in [4.69, 9.17) is 11.6 Å². The van der Waals surface area contributed by atoms with Crippen LogP contribution < -0.4 is 0 Å². The van der Waals surface area contributed by atoms with Gasteiger partial charge in [-0.3, -0.25) is 4.79 Å². The number of amidine groups is 1. The monoisotopic (exact) mass is 362 g/mol. The summed E-state index contributed by atoms with van der Waals surface area (Å²) in [5, 5.41) is 0.735. The summed E-state index contributed by atoms with van der Waals surface area (Å²) in [5.41, 5.74) is 0. The zero-order chi connectivity index (χ0) is 15.5. The van der Waals surface area contributed by atoms with Crippen molar-refractivity contribution in [3.05, 3.63) is 0 Å². The first-order chi connectivity index (χ1) is 10.5.